The number of carbonyl (C=O) groups is 2. The Balaban J connectivity index is 1.88. The highest BCUT2D eigenvalue weighted by Gasteiger charge is 2.37. The van der Waals surface area contributed by atoms with E-state index in [9.17, 15) is 23.7 Å². The number of carboxylic acid groups (broad SMARTS) is 1. The molecular weight excluding hydrogens is 412 g/mol. The Morgan fingerprint density at radius 2 is 1.60 bits per heavy atom. The number of amides is 1. The summed E-state index contributed by atoms with van der Waals surface area (Å²) >= 11 is 0. The topological polar surface area (TPSA) is 115 Å². The van der Waals surface area contributed by atoms with Crippen molar-refractivity contribution in [2.24, 2.45) is 5.92 Å². The van der Waals surface area contributed by atoms with Gasteiger partial charge >= 0.3 is 13.6 Å². The van der Waals surface area contributed by atoms with E-state index >= 15 is 0 Å². The highest BCUT2D eigenvalue weighted by Crippen LogP contribution is 2.39. The van der Waals surface area contributed by atoms with Gasteiger partial charge in [0.2, 0.25) is 5.91 Å². The second-order valence-electron chi connectivity index (χ2n) is 7.54. The molecule has 0 saturated heterocycles. The smallest absolute Gasteiger partial charge is 0.329 e. The number of benzene rings is 2. The Bertz CT molecular complexity index is 952. The van der Waals surface area contributed by atoms with Crippen LogP contribution in [0.5, 0.6) is 0 Å². The van der Waals surface area contributed by atoms with E-state index in [-0.39, 0.29) is 31.0 Å². The maximum absolute atomic E-state index is 13.4. The molecule has 0 heterocycles. The average molecular weight is 435 g/mol. The molecule has 0 bridgehead atoms. The van der Waals surface area contributed by atoms with Gasteiger partial charge in [-0.25, -0.2) is 4.39 Å². The summed E-state index contributed by atoms with van der Waals surface area (Å²) in [6.07, 6.45) is 0.801. The number of aliphatic carboxylic acids is 1. The van der Waals surface area contributed by atoms with E-state index in [1.54, 1.807) is 24.3 Å². The molecule has 1 aliphatic carbocycles. The van der Waals surface area contributed by atoms with E-state index in [4.69, 9.17) is 9.79 Å². The molecule has 0 spiro atoms. The van der Waals surface area contributed by atoms with Crippen LogP contribution < -0.4 is 0 Å². The standard InChI is InChI=1S/C21H23FNO6P/c22-18-9-7-16(8-10-18)19(11-20(24)25)23(21(26)17-5-6-17)12-14-1-3-15(4-2-14)13-30(27,28)29/h1-4,7-10,17,19H,5-6,11-13H2,(H,24,25)(H2,27,28,29). The van der Waals surface area contributed by atoms with Gasteiger partial charge in [-0.15, -0.1) is 0 Å². The number of rotatable bonds is 9. The molecule has 1 atom stereocenters. The number of carbonyl (C=O) groups excluding carboxylic acids is 1. The fourth-order valence-corrected chi connectivity index (χ4v) is 4.04. The normalized spacial score (nSPS) is 14.9. The first-order chi connectivity index (χ1) is 14.1. The van der Waals surface area contributed by atoms with Gasteiger partial charge < -0.3 is 19.8 Å². The molecule has 1 unspecified atom stereocenters. The second-order valence-corrected chi connectivity index (χ2v) is 9.19. The summed E-state index contributed by atoms with van der Waals surface area (Å²) in [5.74, 6) is -1.82. The minimum absolute atomic E-state index is 0.140. The quantitative estimate of drug-likeness (QED) is 0.520. The van der Waals surface area contributed by atoms with Crippen molar-refractivity contribution in [3.8, 4) is 0 Å². The van der Waals surface area contributed by atoms with Gasteiger partial charge in [-0.05, 0) is 41.7 Å². The molecule has 1 fully saturated rings. The van der Waals surface area contributed by atoms with Gasteiger partial charge in [0, 0.05) is 12.5 Å². The minimum atomic E-state index is -4.19. The lowest BCUT2D eigenvalue weighted by molar-refractivity contribution is -0.142. The third-order valence-electron chi connectivity index (χ3n) is 4.97. The second kappa shape index (κ2) is 9.08. The summed E-state index contributed by atoms with van der Waals surface area (Å²) in [6.45, 7) is 0.140. The predicted octanol–water partition coefficient (Wildman–Crippen LogP) is 3.46. The zero-order valence-electron chi connectivity index (χ0n) is 16.1. The molecule has 0 aromatic heterocycles. The van der Waals surface area contributed by atoms with Gasteiger partial charge in [-0.1, -0.05) is 36.4 Å². The molecule has 2 aromatic carbocycles. The lowest BCUT2D eigenvalue weighted by Gasteiger charge is -2.32. The highest BCUT2D eigenvalue weighted by molar-refractivity contribution is 7.50. The predicted molar refractivity (Wildman–Crippen MR) is 107 cm³/mol. The van der Waals surface area contributed by atoms with Gasteiger partial charge in [-0.3, -0.25) is 14.2 Å². The van der Waals surface area contributed by atoms with Gasteiger partial charge in [0.05, 0.1) is 18.6 Å². The van der Waals surface area contributed by atoms with Crippen LogP contribution in [0.4, 0.5) is 4.39 Å². The molecule has 1 amide bonds. The molecule has 7 nitrogen and oxygen atoms in total. The summed E-state index contributed by atoms with van der Waals surface area (Å²) in [5.41, 5.74) is 1.70. The molecule has 3 rings (SSSR count). The van der Waals surface area contributed by atoms with Crippen LogP contribution in [0, 0.1) is 11.7 Å². The summed E-state index contributed by atoms with van der Waals surface area (Å²) in [7, 11) is -4.19. The first-order valence-corrected chi connectivity index (χ1v) is 11.3. The summed E-state index contributed by atoms with van der Waals surface area (Å²) in [6, 6.07) is 11.2. The number of halogens is 1. The monoisotopic (exact) mass is 435 g/mol. The van der Waals surface area contributed by atoms with E-state index in [0.717, 1.165) is 12.8 Å². The van der Waals surface area contributed by atoms with Crippen LogP contribution in [0.3, 0.4) is 0 Å². The summed E-state index contributed by atoms with van der Waals surface area (Å²) < 4.78 is 24.5. The molecule has 0 radical (unpaired) electrons. The van der Waals surface area contributed by atoms with Crippen LogP contribution >= 0.6 is 7.60 Å². The van der Waals surface area contributed by atoms with Crippen molar-refractivity contribution in [3.63, 3.8) is 0 Å². The van der Waals surface area contributed by atoms with Gasteiger partial charge in [0.25, 0.3) is 0 Å². The fourth-order valence-electron chi connectivity index (χ4n) is 3.35. The maximum Gasteiger partial charge on any atom is 0.329 e. The SMILES string of the molecule is O=C(O)CC(c1ccc(F)cc1)N(Cc1ccc(CP(=O)(O)O)cc1)C(=O)C1CC1. The average Bonchev–Trinajstić information content (AvgIpc) is 3.50. The number of hydrogen-bond acceptors (Lipinski definition) is 3. The van der Waals surface area contributed by atoms with E-state index in [0.29, 0.717) is 16.7 Å². The first-order valence-electron chi connectivity index (χ1n) is 9.52. The van der Waals surface area contributed by atoms with Crippen LogP contribution in [0.1, 0.15) is 42.0 Å². The van der Waals surface area contributed by atoms with E-state index in [1.807, 2.05) is 0 Å². The molecule has 1 saturated carbocycles. The zero-order valence-corrected chi connectivity index (χ0v) is 17.0. The highest BCUT2D eigenvalue weighted by atomic mass is 31.2. The van der Waals surface area contributed by atoms with Gasteiger partial charge in [0.1, 0.15) is 5.82 Å². The van der Waals surface area contributed by atoms with Crippen LogP contribution in [0.2, 0.25) is 0 Å². The van der Waals surface area contributed by atoms with Crippen LogP contribution in [0.25, 0.3) is 0 Å². The molecule has 160 valence electrons. The molecule has 9 heteroatoms. The Morgan fingerprint density at radius 3 is 2.10 bits per heavy atom. The summed E-state index contributed by atoms with van der Waals surface area (Å²) in [5, 5.41) is 9.41. The molecule has 2 aromatic rings. The molecular formula is C21H23FNO6P. The zero-order chi connectivity index (χ0) is 21.9. The lowest BCUT2D eigenvalue weighted by atomic mass is 10.00. The van der Waals surface area contributed by atoms with Crippen LogP contribution in [0.15, 0.2) is 48.5 Å². The van der Waals surface area contributed by atoms with Gasteiger partial charge in [0.15, 0.2) is 0 Å². The third kappa shape index (κ3) is 6.23. The van der Waals surface area contributed by atoms with Crippen molar-refractivity contribution in [1.29, 1.82) is 0 Å². The minimum Gasteiger partial charge on any atom is -0.481 e. The molecule has 1 aliphatic rings. The number of hydrogen-bond donors (Lipinski definition) is 3. The number of carboxylic acids is 1. The van der Waals surface area contributed by atoms with Crippen molar-refractivity contribution in [2.45, 2.75) is 38.0 Å². The summed E-state index contributed by atoms with van der Waals surface area (Å²) in [4.78, 5) is 44.2. The third-order valence-corrected chi connectivity index (χ3v) is 5.75. The lowest BCUT2D eigenvalue weighted by Crippen LogP contribution is -2.36. The van der Waals surface area contributed by atoms with Gasteiger partial charge in [-0.2, -0.15) is 0 Å². The van der Waals surface area contributed by atoms with E-state index in [2.05, 4.69) is 0 Å². The molecule has 3 N–H and O–H groups in total. The maximum atomic E-state index is 13.4. The van der Waals surface area contributed by atoms with Crippen molar-refractivity contribution in [1.82, 2.24) is 4.90 Å². The van der Waals surface area contributed by atoms with Crippen molar-refractivity contribution >= 4 is 19.5 Å². The van der Waals surface area contributed by atoms with Crippen LogP contribution in [-0.2, 0) is 26.9 Å². The Hall–Kier alpha value is -2.54. The molecule has 0 aliphatic heterocycles. The molecule has 30 heavy (non-hydrogen) atoms. The van der Waals surface area contributed by atoms with E-state index < -0.39 is 25.4 Å². The Labute approximate surface area is 173 Å². The van der Waals surface area contributed by atoms with Crippen molar-refractivity contribution in [2.75, 3.05) is 0 Å². The first kappa shape index (κ1) is 22.2. The fraction of sp³-hybridized carbons (Fsp3) is 0.333. The van der Waals surface area contributed by atoms with Crippen molar-refractivity contribution in [3.05, 3.63) is 71.0 Å². The van der Waals surface area contributed by atoms with Crippen LogP contribution in [-0.4, -0.2) is 31.7 Å². The Kier molecular flexibility index (Phi) is 6.71. The van der Waals surface area contributed by atoms with E-state index in [1.165, 1.54) is 29.2 Å². The largest absolute Gasteiger partial charge is 0.481 e. The Morgan fingerprint density at radius 1 is 1.03 bits per heavy atom. The number of nitrogens with zero attached hydrogens (tertiary/aromatic N) is 1. The van der Waals surface area contributed by atoms with Crippen molar-refractivity contribution < 1.29 is 33.4 Å².